The molecule has 0 saturated carbocycles. The number of halogens is 8. The van der Waals surface area contributed by atoms with Gasteiger partial charge in [0.15, 0.2) is 0 Å². The second-order valence-corrected chi connectivity index (χ2v) is 6.29. The summed E-state index contributed by atoms with van der Waals surface area (Å²) < 4.78 is 100. The van der Waals surface area contributed by atoms with Crippen LogP contribution in [0.5, 0.6) is 0 Å². The molecular formula is C21H10F8IrN4-2. The third-order valence-corrected chi connectivity index (χ3v) is 3.95. The van der Waals surface area contributed by atoms with E-state index in [1.807, 2.05) is 0 Å². The van der Waals surface area contributed by atoms with Gasteiger partial charge in [0.25, 0.3) is 0 Å². The molecule has 0 fully saturated rings. The molecule has 181 valence electrons. The first kappa shape index (κ1) is 27.1. The molecule has 0 saturated heterocycles. The molecule has 3 aromatic heterocycles. The van der Waals surface area contributed by atoms with Gasteiger partial charge in [0, 0.05) is 37.8 Å². The summed E-state index contributed by atoms with van der Waals surface area (Å²) in [6, 6.07) is 11.2. The number of rotatable bonds is 2. The average Bonchev–Trinajstić information content (AvgIpc) is 3.26. The summed E-state index contributed by atoms with van der Waals surface area (Å²) in [6.45, 7) is 0. The first-order chi connectivity index (χ1) is 15.4. The van der Waals surface area contributed by atoms with Crippen LogP contribution in [0.25, 0.3) is 22.6 Å². The summed E-state index contributed by atoms with van der Waals surface area (Å²) in [4.78, 5) is 7.40. The predicted octanol–water partition coefficient (Wildman–Crippen LogP) is 5.96. The van der Waals surface area contributed by atoms with E-state index in [0.29, 0.717) is 6.07 Å². The SMILES string of the molecule is Fc1c[c-]c(-c2ccccn2)c(C(F)(F)F)c1.Fc1ccc(-c2cc(C(F)(F)F)n[n-]2)nc1.[Ir]. The van der Waals surface area contributed by atoms with E-state index in [4.69, 9.17) is 0 Å². The number of hydrogen-bond donors (Lipinski definition) is 0. The van der Waals surface area contributed by atoms with Crippen molar-refractivity contribution in [2.45, 2.75) is 12.4 Å². The third-order valence-electron chi connectivity index (χ3n) is 3.95. The van der Waals surface area contributed by atoms with Crippen LogP contribution in [0.1, 0.15) is 11.3 Å². The van der Waals surface area contributed by atoms with Crippen LogP contribution in [0.4, 0.5) is 35.1 Å². The minimum absolute atomic E-state index is 0. The van der Waals surface area contributed by atoms with Crippen LogP contribution in [-0.4, -0.2) is 15.1 Å². The second-order valence-electron chi connectivity index (χ2n) is 6.29. The smallest absolute Gasteiger partial charge is 0.431 e. The Balaban J connectivity index is 0.000000234. The molecule has 0 unspecified atom stereocenters. The van der Waals surface area contributed by atoms with Gasteiger partial charge in [0.05, 0.1) is 6.20 Å². The molecule has 0 bridgehead atoms. The number of benzene rings is 1. The zero-order valence-electron chi connectivity index (χ0n) is 16.4. The fraction of sp³-hybridized carbons (Fsp3) is 0.0952. The standard InChI is InChI=1S/C12H6F4N.C9H4F4N3.Ir/c13-8-4-5-9(10(7-8)12(14,15)16)11-3-1-2-6-17-11;10-5-1-2-6(14-4-5)7-3-8(16-15-7)9(11,12)13;/h1-4,6-7H;1-4H;/q2*-1;. The van der Waals surface area contributed by atoms with Crippen molar-refractivity contribution in [1.29, 1.82) is 0 Å². The summed E-state index contributed by atoms with van der Waals surface area (Å²) in [5, 5.41) is 6.31. The second kappa shape index (κ2) is 10.8. The largest absolute Gasteiger partial charge is 0.573 e. The van der Waals surface area contributed by atoms with Crippen molar-refractivity contribution in [2.24, 2.45) is 0 Å². The number of nitrogens with zero attached hydrogens (tertiary/aromatic N) is 4. The molecule has 0 spiro atoms. The zero-order valence-corrected chi connectivity index (χ0v) is 18.8. The van der Waals surface area contributed by atoms with Crippen molar-refractivity contribution < 1.29 is 55.2 Å². The Morgan fingerprint density at radius 3 is 2.06 bits per heavy atom. The number of alkyl halides is 6. The van der Waals surface area contributed by atoms with Gasteiger partial charge in [0.2, 0.25) is 0 Å². The summed E-state index contributed by atoms with van der Waals surface area (Å²) in [7, 11) is 0. The molecule has 0 atom stereocenters. The normalized spacial score (nSPS) is 11.3. The molecule has 1 radical (unpaired) electrons. The van der Waals surface area contributed by atoms with Gasteiger partial charge in [-0.1, -0.05) is 23.9 Å². The minimum Gasteiger partial charge on any atom is -0.573 e. The van der Waals surface area contributed by atoms with E-state index >= 15 is 0 Å². The van der Waals surface area contributed by atoms with Crippen molar-refractivity contribution in [3.63, 3.8) is 0 Å². The average molecular weight is 663 g/mol. The summed E-state index contributed by atoms with van der Waals surface area (Å²) in [5.41, 5.74) is -2.19. The first-order valence-electron chi connectivity index (χ1n) is 8.84. The molecule has 1 aromatic carbocycles. The number of pyridine rings is 2. The Hall–Kier alpha value is -3.18. The van der Waals surface area contributed by atoms with E-state index in [1.54, 1.807) is 12.1 Å². The fourth-order valence-electron chi connectivity index (χ4n) is 2.50. The maximum Gasteiger partial charge on any atom is 0.431 e. The first-order valence-corrected chi connectivity index (χ1v) is 8.84. The molecule has 0 aliphatic heterocycles. The minimum atomic E-state index is -4.63. The van der Waals surface area contributed by atoms with Crippen LogP contribution in [0.2, 0.25) is 0 Å². The summed E-state index contributed by atoms with van der Waals surface area (Å²) in [6.07, 6.45) is -6.90. The maximum absolute atomic E-state index is 12.8. The maximum atomic E-state index is 12.8. The van der Waals surface area contributed by atoms with Gasteiger partial charge >= 0.3 is 12.4 Å². The fourth-order valence-corrected chi connectivity index (χ4v) is 2.50. The Morgan fingerprint density at radius 2 is 1.53 bits per heavy atom. The zero-order chi connectivity index (χ0) is 24.2. The topological polar surface area (TPSA) is 52.8 Å². The van der Waals surface area contributed by atoms with E-state index in [9.17, 15) is 35.1 Å². The summed E-state index contributed by atoms with van der Waals surface area (Å²) in [5.74, 6) is -1.55. The van der Waals surface area contributed by atoms with Gasteiger partial charge in [-0.25, -0.2) is 4.39 Å². The Kier molecular flexibility index (Phi) is 8.62. The van der Waals surface area contributed by atoms with Crippen LogP contribution < -0.4 is 5.10 Å². The van der Waals surface area contributed by atoms with Crippen LogP contribution in [0.3, 0.4) is 0 Å². The van der Waals surface area contributed by atoms with E-state index in [2.05, 4.69) is 26.2 Å². The molecule has 3 heterocycles. The predicted molar refractivity (Wildman–Crippen MR) is 99.2 cm³/mol. The quantitative estimate of drug-likeness (QED) is 0.197. The van der Waals surface area contributed by atoms with E-state index in [-0.39, 0.29) is 42.8 Å². The Bertz CT molecular complexity index is 1210. The molecule has 0 aliphatic rings. The molecule has 4 rings (SSSR count). The van der Waals surface area contributed by atoms with Crippen LogP contribution in [0.15, 0.2) is 60.9 Å². The molecule has 4 nitrogen and oxygen atoms in total. The third kappa shape index (κ3) is 6.91. The molecule has 34 heavy (non-hydrogen) atoms. The molecule has 0 aliphatic carbocycles. The van der Waals surface area contributed by atoms with E-state index in [1.165, 1.54) is 18.3 Å². The van der Waals surface area contributed by atoms with Crippen LogP contribution in [0, 0.1) is 17.7 Å². The van der Waals surface area contributed by atoms with Gasteiger partial charge in [-0.2, -0.15) is 26.3 Å². The van der Waals surface area contributed by atoms with Crippen LogP contribution in [-0.2, 0) is 32.5 Å². The Labute approximate surface area is 200 Å². The van der Waals surface area contributed by atoms with E-state index in [0.717, 1.165) is 24.4 Å². The molecule has 0 N–H and O–H groups in total. The van der Waals surface area contributed by atoms with Crippen molar-refractivity contribution in [3.05, 3.63) is 89.9 Å². The van der Waals surface area contributed by atoms with Gasteiger partial charge in [-0.05, 0) is 35.5 Å². The molecular weight excluding hydrogens is 652 g/mol. The van der Waals surface area contributed by atoms with Crippen LogP contribution >= 0.6 is 0 Å². The van der Waals surface area contributed by atoms with Crippen molar-refractivity contribution in [1.82, 2.24) is 20.2 Å². The molecule has 13 heteroatoms. The molecule has 4 aromatic rings. The van der Waals surface area contributed by atoms with Gasteiger partial charge in [-0.3, -0.25) is 9.37 Å². The van der Waals surface area contributed by atoms with Crippen molar-refractivity contribution in [3.8, 4) is 22.6 Å². The Morgan fingerprint density at radius 1 is 0.794 bits per heavy atom. The van der Waals surface area contributed by atoms with Gasteiger partial charge in [-0.15, -0.1) is 17.7 Å². The number of hydrogen-bond acceptors (Lipinski definition) is 3. The monoisotopic (exact) mass is 663 g/mol. The van der Waals surface area contributed by atoms with Gasteiger partial charge < -0.3 is 15.2 Å². The van der Waals surface area contributed by atoms with Crippen molar-refractivity contribution in [2.75, 3.05) is 0 Å². The van der Waals surface area contributed by atoms with Crippen molar-refractivity contribution >= 4 is 0 Å². The molecule has 0 amide bonds. The summed E-state index contributed by atoms with van der Waals surface area (Å²) >= 11 is 0. The number of aromatic nitrogens is 4. The van der Waals surface area contributed by atoms with E-state index < -0.39 is 35.2 Å². The van der Waals surface area contributed by atoms with Gasteiger partial charge in [0.1, 0.15) is 11.5 Å².